The minimum absolute atomic E-state index is 0.139. The Balaban J connectivity index is 1.48. The Kier molecular flexibility index (Phi) is 6.00. The van der Waals surface area contributed by atoms with Gasteiger partial charge in [0.2, 0.25) is 0 Å². The highest BCUT2D eigenvalue weighted by atomic mass is 32.2. The van der Waals surface area contributed by atoms with Gasteiger partial charge in [-0.1, -0.05) is 23.9 Å². The zero-order valence-corrected chi connectivity index (χ0v) is 17.7. The molecule has 0 atom stereocenters. The van der Waals surface area contributed by atoms with E-state index < -0.39 is 0 Å². The van der Waals surface area contributed by atoms with Crippen molar-refractivity contribution in [3.05, 3.63) is 59.2 Å². The molecule has 0 unspecified atom stereocenters. The first kappa shape index (κ1) is 19.7. The van der Waals surface area contributed by atoms with Gasteiger partial charge >= 0.3 is 0 Å². The van der Waals surface area contributed by atoms with Crippen LogP contribution in [-0.2, 0) is 19.4 Å². The molecule has 0 saturated carbocycles. The number of ether oxygens (including phenoxy) is 1. The zero-order valence-electron chi connectivity index (χ0n) is 16.9. The van der Waals surface area contributed by atoms with Gasteiger partial charge in [-0.3, -0.25) is 4.79 Å². The quantitative estimate of drug-likeness (QED) is 0.415. The summed E-state index contributed by atoms with van der Waals surface area (Å²) in [6, 6.07) is 14.0. The molecule has 0 spiro atoms. The van der Waals surface area contributed by atoms with Gasteiger partial charge in [-0.15, -0.1) is 10.2 Å². The SMILES string of the molecule is CCn1c(SCC(=O)c2ccc3c(c2)CCCC3)nnc1-c1ccc(OC)cc1. The molecular weight excluding hydrogens is 382 g/mol. The number of carbonyl (C=O) groups excluding carboxylic acids is 1. The first-order valence-electron chi connectivity index (χ1n) is 10.0. The number of hydrogen-bond acceptors (Lipinski definition) is 5. The molecule has 29 heavy (non-hydrogen) atoms. The number of ketones is 1. The summed E-state index contributed by atoms with van der Waals surface area (Å²) in [6.07, 6.45) is 4.68. The van der Waals surface area contributed by atoms with Crippen molar-refractivity contribution in [1.29, 1.82) is 0 Å². The van der Waals surface area contributed by atoms with Crippen LogP contribution in [0.25, 0.3) is 11.4 Å². The summed E-state index contributed by atoms with van der Waals surface area (Å²) >= 11 is 1.45. The van der Waals surface area contributed by atoms with Crippen LogP contribution in [0.4, 0.5) is 0 Å². The maximum Gasteiger partial charge on any atom is 0.191 e. The average Bonchev–Trinajstić information content (AvgIpc) is 3.20. The van der Waals surface area contributed by atoms with Gasteiger partial charge in [0.25, 0.3) is 0 Å². The van der Waals surface area contributed by atoms with Gasteiger partial charge in [-0.2, -0.15) is 0 Å². The van der Waals surface area contributed by atoms with Crippen LogP contribution in [-0.4, -0.2) is 33.4 Å². The Labute approximate surface area is 175 Å². The van der Waals surface area contributed by atoms with Crippen LogP contribution in [0.3, 0.4) is 0 Å². The molecular formula is C23H25N3O2S. The van der Waals surface area contributed by atoms with E-state index in [9.17, 15) is 4.79 Å². The minimum Gasteiger partial charge on any atom is -0.497 e. The van der Waals surface area contributed by atoms with Crippen molar-refractivity contribution < 1.29 is 9.53 Å². The van der Waals surface area contributed by atoms with Crippen molar-refractivity contribution in [2.75, 3.05) is 12.9 Å². The maximum atomic E-state index is 12.8. The summed E-state index contributed by atoms with van der Waals surface area (Å²) in [5.41, 5.74) is 4.52. The van der Waals surface area contributed by atoms with Crippen molar-refractivity contribution >= 4 is 17.5 Å². The molecule has 0 N–H and O–H groups in total. The van der Waals surface area contributed by atoms with Crippen LogP contribution >= 0.6 is 11.8 Å². The van der Waals surface area contributed by atoms with Crippen LogP contribution in [0, 0.1) is 0 Å². The van der Waals surface area contributed by atoms with Gasteiger partial charge in [0.15, 0.2) is 16.8 Å². The molecule has 5 nitrogen and oxygen atoms in total. The molecule has 0 bridgehead atoms. The number of thioether (sulfide) groups is 1. The van der Waals surface area contributed by atoms with E-state index in [1.807, 2.05) is 34.9 Å². The zero-order chi connectivity index (χ0) is 20.2. The summed E-state index contributed by atoms with van der Waals surface area (Å²) in [5.74, 6) is 2.11. The fourth-order valence-corrected chi connectivity index (χ4v) is 4.65. The summed E-state index contributed by atoms with van der Waals surface area (Å²) in [5, 5.41) is 9.46. The van der Waals surface area contributed by atoms with Gasteiger partial charge in [0, 0.05) is 17.7 Å². The van der Waals surface area contributed by atoms with Crippen LogP contribution in [0.5, 0.6) is 5.75 Å². The van der Waals surface area contributed by atoms with Crippen molar-refractivity contribution in [2.24, 2.45) is 0 Å². The summed E-state index contributed by atoms with van der Waals surface area (Å²) < 4.78 is 7.27. The van der Waals surface area contributed by atoms with E-state index in [1.165, 1.54) is 35.7 Å². The minimum atomic E-state index is 0.139. The first-order valence-corrected chi connectivity index (χ1v) is 11.0. The Morgan fingerprint density at radius 1 is 1.07 bits per heavy atom. The van der Waals surface area contributed by atoms with E-state index in [0.29, 0.717) is 5.75 Å². The molecule has 150 valence electrons. The number of benzene rings is 2. The smallest absolute Gasteiger partial charge is 0.191 e. The highest BCUT2D eigenvalue weighted by Crippen LogP contribution is 2.27. The summed E-state index contributed by atoms with van der Waals surface area (Å²) in [6.45, 7) is 2.80. The number of fused-ring (bicyclic) bond motifs is 1. The topological polar surface area (TPSA) is 57.0 Å². The lowest BCUT2D eigenvalue weighted by Crippen LogP contribution is -2.08. The average molecular weight is 408 g/mol. The third-order valence-corrected chi connectivity index (χ3v) is 6.35. The van der Waals surface area contributed by atoms with Crippen molar-refractivity contribution in [3.63, 3.8) is 0 Å². The molecule has 0 radical (unpaired) electrons. The predicted molar refractivity (Wildman–Crippen MR) is 116 cm³/mol. The second-order valence-electron chi connectivity index (χ2n) is 7.18. The maximum absolute atomic E-state index is 12.8. The van der Waals surface area contributed by atoms with Crippen LogP contribution in [0.1, 0.15) is 41.3 Å². The second kappa shape index (κ2) is 8.82. The standard InChI is InChI=1S/C23H25N3O2S/c1-3-26-22(17-10-12-20(28-2)13-11-17)24-25-23(26)29-15-21(27)19-9-8-16-6-4-5-7-18(16)14-19/h8-14H,3-7,15H2,1-2H3. The number of rotatable bonds is 7. The van der Waals surface area contributed by atoms with Gasteiger partial charge in [0.1, 0.15) is 5.75 Å². The summed E-state index contributed by atoms with van der Waals surface area (Å²) in [4.78, 5) is 12.8. The van der Waals surface area contributed by atoms with Crippen molar-refractivity contribution in [2.45, 2.75) is 44.3 Å². The molecule has 0 amide bonds. The molecule has 4 rings (SSSR count). The molecule has 1 heterocycles. The van der Waals surface area contributed by atoms with Crippen LogP contribution < -0.4 is 4.74 Å². The van der Waals surface area contributed by atoms with Crippen LogP contribution in [0.15, 0.2) is 47.6 Å². The number of aryl methyl sites for hydroxylation is 2. The van der Waals surface area contributed by atoms with E-state index in [1.54, 1.807) is 7.11 Å². The molecule has 2 aromatic carbocycles. The highest BCUT2D eigenvalue weighted by molar-refractivity contribution is 7.99. The van der Waals surface area contributed by atoms with Gasteiger partial charge < -0.3 is 9.30 Å². The monoisotopic (exact) mass is 407 g/mol. The second-order valence-corrected chi connectivity index (χ2v) is 8.12. The Bertz CT molecular complexity index is 1010. The number of methoxy groups -OCH3 is 1. The lowest BCUT2D eigenvalue weighted by molar-refractivity contribution is 0.102. The molecule has 0 aliphatic heterocycles. The largest absolute Gasteiger partial charge is 0.497 e. The molecule has 1 aliphatic carbocycles. The van der Waals surface area contributed by atoms with Gasteiger partial charge in [-0.25, -0.2) is 0 Å². The van der Waals surface area contributed by atoms with E-state index in [0.717, 1.165) is 47.2 Å². The summed E-state index contributed by atoms with van der Waals surface area (Å²) in [7, 11) is 1.65. The molecule has 1 aromatic heterocycles. The van der Waals surface area contributed by atoms with E-state index >= 15 is 0 Å². The lowest BCUT2D eigenvalue weighted by Gasteiger charge is -2.16. The van der Waals surface area contributed by atoms with Crippen molar-refractivity contribution in [1.82, 2.24) is 14.8 Å². The molecule has 3 aromatic rings. The Morgan fingerprint density at radius 2 is 1.83 bits per heavy atom. The number of hydrogen-bond donors (Lipinski definition) is 0. The van der Waals surface area contributed by atoms with Crippen LogP contribution in [0.2, 0.25) is 0 Å². The number of Topliss-reactive ketones (excluding diaryl/α,β-unsaturated/α-hetero) is 1. The molecule has 1 aliphatic rings. The molecule has 0 fully saturated rings. The van der Waals surface area contributed by atoms with E-state index in [2.05, 4.69) is 29.3 Å². The fraction of sp³-hybridized carbons (Fsp3) is 0.348. The van der Waals surface area contributed by atoms with Gasteiger partial charge in [-0.05, 0) is 74.1 Å². The normalized spacial score (nSPS) is 13.2. The highest BCUT2D eigenvalue weighted by Gasteiger charge is 2.17. The molecule has 6 heteroatoms. The third kappa shape index (κ3) is 4.22. The van der Waals surface area contributed by atoms with Crippen molar-refractivity contribution in [3.8, 4) is 17.1 Å². The predicted octanol–water partition coefficient (Wildman–Crippen LogP) is 4.83. The first-order chi connectivity index (χ1) is 14.2. The third-order valence-electron chi connectivity index (χ3n) is 5.38. The molecule has 0 saturated heterocycles. The fourth-order valence-electron chi connectivity index (χ4n) is 3.75. The van der Waals surface area contributed by atoms with E-state index in [-0.39, 0.29) is 5.78 Å². The lowest BCUT2D eigenvalue weighted by atomic mass is 9.90. The van der Waals surface area contributed by atoms with E-state index in [4.69, 9.17) is 4.74 Å². The Hall–Kier alpha value is -2.60. The van der Waals surface area contributed by atoms with Gasteiger partial charge in [0.05, 0.1) is 12.9 Å². The number of aromatic nitrogens is 3. The number of carbonyl (C=O) groups is 1. The number of nitrogens with zero attached hydrogens (tertiary/aromatic N) is 3. The Morgan fingerprint density at radius 3 is 2.55 bits per heavy atom.